The maximum Gasteiger partial charge on any atom is 0.195 e. The number of carbonyl (C=O) groups is 1. The second-order valence-corrected chi connectivity index (χ2v) is 4.66. The maximum atomic E-state index is 12.3. The van der Waals surface area contributed by atoms with Gasteiger partial charge in [-0.25, -0.2) is 4.52 Å². The number of pyridine rings is 1. The zero-order valence-corrected chi connectivity index (χ0v) is 11.1. The summed E-state index contributed by atoms with van der Waals surface area (Å²) in [5, 5.41) is 23.4. The summed E-state index contributed by atoms with van der Waals surface area (Å²) in [5.41, 5.74) is 1.61. The quantitative estimate of drug-likeness (QED) is 0.798. The number of rotatable bonds is 5. The van der Waals surface area contributed by atoms with Gasteiger partial charge in [0, 0.05) is 12.1 Å². The topological polar surface area (TPSA) is 74.8 Å². The lowest BCUT2D eigenvalue weighted by Crippen LogP contribution is -2.21. The first kappa shape index (κ1) is 13.7. The Hall–Kier alpha value is -1.72. The van der Waals surface area contributed by atoms with E-state index >= 15 is 0 Å². The van der Waals surface area contributed by atoms with Crippen molar-refractivity contribution in [1.82, 2.24) is 9.61 Å². The first-order valence-electron chi connectivity index (χ1n) is 6.40. The number of ketones is 1. The summed E-state index contributed by atoms with van der Waals surface area (Å²) < 4.78 is 1.61. The van der Waals surface area contributed by atoms with Gasteiger partial charge in [0.1, 0.15) is 6.10 Å². The van der Waals surface area contributed by atoms with Crippen LogP contribution in [0.15, 0.2) is 24.4 Å². The van der Waals surface area contributed by atoms with E-state index < -0.39 is 6.10 Å². The number of fused-ring (bicyclic) bond motifs is 1. The molecule has 102 valence electrons. The second-order valence-electron chi connectivity index (χ2n) is 4.66. The fourth-order valence-corrected chi connectivity index (χ4v) is 2.05. The molecular formula is C14H18N2O3. The van der Waals surface area contributed by atoms with Crippen molar-refractivity contribution in [1.29, 1.82) is 0 Å². The average Bonchev–Trinajstić information content (AvgIpc) is 2.84. The zero-order chi connectivity index (χ0) is 14.0. The number of nitrogens with zero attached hydrogens (tertiary/aromatic N) is 2. The Labute approximate surface area is 111 Å². The highest BCUT2D eigenvalue weighted by atomic mass is 16.3. The largest absolute Gasteiger partial charge is 0.396 e. The molecule has 5 nitrogen and oxygen atoms in total. The van der Waals surface area contributed by atoms with Crippen molar-refractivity contribution in [2.24, 2.45) is 0 Å². The highest BCUT2D eigenvalue weighted by Crippen LogP contribution is 2.24. The Bertz CT molecular complexity index is 591. The summed E-state index contributed by atoms with van der Waals surface area (Å²) >= 11 is 0. The molecule has 0 fully saturated rings. The molecule has 0 radical (unpaired) electrons. The van der Waals surface area contributed by atoms with Gasteiger partial charge < -0.3 is 10.2 Å². The molecule has 0 aromatic carbocycles. The van der Waals surface area contributed by atoms with E-state index in [1.165, 1.54) is 0 Å². The highest BCUT2D eigenvalue weighted by Gasteiger charge is 2.26. The van der Waals surface area contributed by atoms with Crippen LogP contribution in [0.25, 0.3) is 5.52 Å². The molecule has 0 spiro atoms. The molecule has 0 aliphatic carbocycles. The van der Waals surface area contributed by atoms with Gasteiger partial charge in [-0.15, -0.1) is 0 Å². The van der Waals surface area contributed by atoms with Gasteiger partial charge in [-0.1, -0.05) is 19.9 Å². The summed E-state index contributed by atoms with van der Waals surface area (Å²) in [6, 6.07) is 5.42. The lowest BCUT2D eigenvalue weighted by atomic mass is 9.97. The molecule has 5 heteroatoms. The van der Waals surface area contributed by atoms with Crippen LogP contribution in [0.5, 0.6) is 0 Å². The molecule has 2 N–H and O–H groups in total. The predicted molar refractivity (Wildman–Crippen MR) is 71.3 cm³/mol. The van der Waals surface area contributed by atoms with Gasteiger partial charge in [0.05, 0.1) is 23.4 Å². The van der Waals surface area contributed by atoms with Crippen molar-refractivity contribution in [3.05, 3.63) is 35.7 Å². The zero-order valence-electron chi connectivity index (χ0n) is 11.1. The minimum atomic E-state index is -1.03. The summed E-state index contributed by atoms with van der Waals surface area (Å²) in [7, 11) is 0. The lowest BCUT2D eigenvalue weighted by Gasteiger charge is -2.10. The summed E-state index contributed by atoms with van der Waals surface area (Å²) in [4.78, 5) is 12.3. The molecule has 2 aromatic rings. The van der Waals surface area contributed by atoms with Gasteiger partial charge in [0.2, 0.25) is 0 Å². The van der Waals surface area contributed by atoms with E-state index in [0.29, 0.717) is 23.2 Å². The molecule has 0 saturated carbocycles. The molecule has 0 amide bonds. The van der Waals surface area contributed by atoms with E-state index in [2.05, 4.69) is 5.10 Å². The van der Waals surface area contributed by atoms with Gasteiger partial charge >= 0.3 is 0 Å². The number of carbonyl (C=O) groups excluding carboxylic acids is 1. The molecule has 2 aromatic heterocycles. The van der Waals surface area contributed by atoms with Gasteiger partial charge in [-0.3, -0.25) is 4.79 Å². The van der Waals surface area contributed by atoms with Gasteiger partial charge in [0.15, 0.2) is 5.78 Å². The number of hydrogen-bond acceptors (Lipinski definition) is 4. The fraction of sp³-hybridized carbons (Fsp3) is 0.429. The Kier molecular flexibility index (Phi) is 3.97. The van der Waals surface area contributed by atoms with Crippen LogP contribution in [0.1, 0.15) is 42.2 Å². The van der Waals surface area contributed by atoms with Gasteiger partial charge in [-0.2, -0.15) is 5.10 Å². The number of aromatic nitrogens is 2. The fourth-order valence-electron chi connectivity index (χ4n) is 2.05. The normalized spacial score (nSPS) is 14.5. The Morgan fingerprint density at radius 2 is 2.21 bits per heavy atom. The smallest absolute Gasteiger partial charge is 0.195 e. The molecule has 2 rings (SSSR count). The molecule has 0 saturated heterocycles. The minimum absolute atomic E-state index is 0.0909. The van der Waals surface area contributed by atoms with Crippen LogP contribution >= 0.6 is 0 Å². The van der Waals surface area contributed by atoms with E-state index in [0.717, 1.165) is 0 Å². The monoisotopic (exact) mass is 262 g/mol. The summed E-state index contributed by atoms with van der Waals surface area (Å²) in [6.45, 7) is 3.46. The summed E-state index contributed by atoms with van der Waals surface area (Å²) in [5.74, 6) is -0.582. The number of aliphatic hydroxyl groups is 2. The highest BCUT2D eigenvalue weighted by molar-refractivity contribution is 6.06. The second kappa shape index (κ2) is 5.50. The maximum absolute atomic E-state index is 12.3. The Morgan fingerprint density at radius 1 is 1.47 bits per heavy atom. The van der Waals surface area contributed by atoms with Crippen LogP contribution in [-0.4, -0.2) is 38.3 Å². The van der Waals surface area contributed by atoms with E-state index in [9.17, 15) is 15.0 Å². The third kappa shape index (κ3) is 2.39. The number of aliphatic hydroxyl groups excluding tert-OH is 2. The standard InChI is InChI=1S/C14H18N2O3/c1-3-11(18)14(19)12-10-6-4-5-7-16(10)15-13(12)9(2)8-17/h4-7,9,11,17-18H,3,8H2,1-2H3. The van der Waals surface area contributed by atoms with Crippen LogP contribution in [0.3, 0.4) is 0 Å². The van der Waals surface area contributed by atoms with Crippen molar-refractivity contribution in [2.45, 2.75) is 32.3 Å². The molecule has 0 aliphatic heterocycles. The van der Waals surface area contributed by atoms with E-state index in [-0.39, 0.29) is 18.3 Å². The molecular weight excluding hydrogens is 244 g/mol. The van der Waals surface area contributed by atoms with E-state index in [1.54, 1.807) is 30.6 Å². The molecule has 2 atom stereocenters. The molecule has 2 heterocycles. The average molecular weight is 262 g/mol. The molecule has 19 heavy (non-hydrogen) atoms. The first-order chi connectivity index (χ1) is 9.10. The lowest BCUT2D eigenvalue weighted by molar-refractivity contribution is 0.0740. The van der Waals surface area contributed by atoms with E-state index in [4.69, 9.17) is 0 Å². The van der Waals surface area contributed by atoms with Crippen LogP contribution in [0.2, 0.25) is 0 Å². The SMILES string of the molecule is CCC(O)C(=O)c1c(C(C)CO)nn2ccccc12. The van der Waals surface area contributed by atoms with Crippen molar-refractivity contribution < 1.29 is 15.0 Å². The van der Waals surface area contributed by atoms with E-state index in [1.807, 2.05) is 12.1 Å². The number of hydrogen-bond donors (Lipinski definition) is 2. The van der Waals surface area contributed by atoms with Crippen molar-refractivity contribution in [2.75, 3.05) is 6.61 Å². The third-order valence-electron chi connectivity index (χ3n) is 3.24. The van der Waals surface area contributed by atoms with Crippen LogP contribution in [0, 0.1) is 0 Å². The van der Waals surface area contributed by atoms with Crippen LogP contribution in [-0.2, 0) is 0 Å². The molecule has 2 unspecified atom stereocenters. The Morgan fingerprint density at radius 3 is 2.84 bits per heavy atom. The van der Waals surface area contributed by atoms with Gasteiger partial charge in [0.25, 0.3) is 0 Å². The van der Waals surface area contributed by atoms with Gasteiger partial charge in [-0.05, 0) is 18.6 Å². The third-order valence-corrected chi connectivity index (χ3v) is 3.24. The van der Waals surface area contributed by atoms with Crippen LogP contribution in [0.4, 0.5) is 0 Å². The van der Waals surface area contributed by atoms with Crippen molar-refractivity contribution >= 4 is 11.3 Å². The Balaban J connectivity index is 2.64. The van der Waals surface area contributed by atoms with Crippen molar-refractivity contribution in [3.63, 3.8) is 0 Å². The summed E-state index contributed by atoms with van der Waals surface area (Å²) in [6.07, 6.45) is 1.08. The van der Waals surface area contributed by atoms with Crippen LogP contribution < -0.4 is 0 Å². The molecule has 0 aliphatic rings. The number of Topliss-reactive ketones (excluding diaryl/α,β-unsaturated/α-hetero) is 1. The minimum Gasteiger partial charge on any atom is -0.396 e. The first-order valence-corrected chi connectivity index (χ1v) is 6.40. The predicted octanol–water partition coefficient (Wildman–Crippen LogP) is 1.38. The van der Waals surface area contributed by atoms with Crippen molar-refractivity contribution in [3.8, 4) is 0 Å². The molecule has 0 bridgehead atoms.